The normalized spacial score (nSPS) is 32.4. The molecule has 0 spiro atoms. The number of halogens is 4. The van der Waals surface area contributed by atoms with Gasteiger partial charge in [-0.15, -0.1) is 0 Å². The first-order valence-electron chi connectivity index (χ1n) is 7.61. The van der Waals surface area contributed by atoms with Crippen LogP contribution in [0.15, 0.2) is 12.2 Å². The van der Waals surface area contributed by atoms with Crippen molar-refractivity contribution in [1.29, 1.82) is 0 Å². The molecule has 2 saturated carbocycles. The van der Waals surface area contributed by atoms with Gasteiger partial charge in [0.15, 0.2) is 6.61 Å². The highest BCUT2D eigenvalue weighted by atomic mass is 19.3. The molecule has 0 aliphatic heterocycles. The average Bonchev–Trinajstić information content (AvgIpc) is 3.06. The number of esters is 1. The van der Waals surface area contributed by atoms with E-state index in [0.29, 0.717) is 6.42 Å². The van der Waals surface area contributed by atoms with Gasteiger partial charge in [-0.3, -0.25) is 9.59 Å². The van der Waals surface area contributed by atoms with Crippen molar-refractivity contribution < 1.29 is 31.9 Å². The number of alkyl halides is 4. The summed E-state index contributed by atoms with van der Waals surface area (Å²) in [6.45, 7) is -1.67. The van der Waals surface area contributed by atoms with Crippen molar-refractivity contribution in [1.82, 2.24) is 5.32 Å². The van der Waals surface area contributed by atoms with Gasteiger partial charge in [-0.1, -0.05) is 12.2 Å². The third-order valence-corrected chi connectivity index (χ3v) is 4.68. The Morgan fingerprint density at radius 2 is 1.78 bits per heavy atom. The Morgan fingerprint density at radius 1 is 1.17 bits per heavy atom. The summed E-state index contributed by atoms with van der Waals surface area (Å²) >= 11 is 0. The molecule has 0 saturated heterocycles. The zero-order valence-corrected chi connectivity index (χ0v) is 12.2. The summed E-state index contributed by atoms with van der Waals surface area (Å²) in [6, 6.07) is 0.116. The Balaban J connectivity index is 1.65. The van der Waals surface area contributed by atoms with Crippen LogP contribution in [0.25, 0.3) is 0 Å². The average molecular weight is 335 g/mol. The van der Waals surface area contributed by atoms with E-state index in [0.717, 1.165) is 12.8 Å². The number of carbonyl (C=O) groups is 2. The van der Waals surface area contributed by atoms with E-state index in [-0.39, 0.29) is 23.8 Å². The van der Waals surface area contributed by atoms with E-state index in [9.17, 15) is 27.2 Å². The van der Waals surface area contributed by atoms with Gasteiger partial charge in [0, 0.05) is 6.04 Å². The topological polar surface area (TPSA) is 55.4 Å². The number of hydrogen-bond acceptors (Lipinski definition) is 3. The molecule has 1 N–H and O–H groups in total. The lowest BCUT2D eigenvalue weighted by Crippen LogP contribution is -2.42. The SMILES string of the molecule is O=C(OCC(F)(F)C(F)F)[C@@H]1[C@H](C(=O)NC2CC2)[C@@H]2C=C[C@H]1C2. The van der Waals surface area contributed by atoms with Crippen LogP contribution < -0.4 is 5.32 Å². The number of carbonyl (C=O) groups excluding carboxylic acids is 2. The van der Waals surface area contributed by atoms with E-state index in [1.165, 1.54) is 0 Å². The second kappa shape index (κ2) is 5.79. The molecule has 3 rings (SSSR count). The molecule has 1 amide bonds. The maximum atomic E-state index is 12.9. The van der Waals surface area contributed by atoms with Crippen LogP contribution >= 0.6 is 0 Å². The van der Waals surface area contributed by atoms with E-state index < -0.39 is 36.8 Å². The Morgan fingerprint density at radius 3 is 2.35 bits per heavy atom. The maximum Gasteiger partial charge on any atom is 0.340 e. The van der Waals surface area contributed by atoms with Crippen molar-refractivity contribution in [2.75, 3.05) is 6.61 Å². The molecule has 0 aromatic heterocycles. The fraction of sp³-hybridized carbons (Fsp3) is 0.733. The predicted molar refractivity (Wildman–Crippen MR) is 70.8 cm³/mol. The van der Waals surface area contributed by atoms with Gasteiger partial charge in [-0.05, 0) is 31.1 Å². The molecule has 0 radical (unpaired) electrons. The Labute approximate surface area is 130 Å². The largest absolute Gasteiger partial charge is 0.459 e. The highest BCUT2D eigenvalue weighted by molar-refractivity contribution is 5.87. The van der Waals surface area contributed by atoms with Gasteiger partial charge in [-0.25, -0.2) is 8.78 Å². The van der Waals surface area contributed by atoms with Crippen molar-refractivity contribution in [2.24, 2.45) is 23.7 Å². The van der Waals surface area contributed by atoms with Gasteiger partial charge >= 0.3 is 18.3 Å². The molecule has 0 unspecified atom stereocenters. The minimum Gasteiger partial charge on any atom is -0.459 e. The smallest absolute Gasteiger partial charge is 0.340 e. The van der Waals surface area contributed by atoms with Gasteiger partial charge in [0.2, 0.25) is 5.91 Å². The van der Waals surface area contributed by atoms with Gasteiger partial charge in [0.05, 0.1) is 11.8 Å². The number of amides is 1. The van der Waals surface area contributed by atoms with E-state index in [2.05, 4.69) is 10.1 Å². The van der Waals surface area contributed by atoms with Crippen LogP contribution in [0.1, 0.15) is 19.3 Å². The molecule has 0 aromatic carbocycles. The summed E-state index contributed by atoms with van der Waals surface area (Å²) in [5.41, 5.74) is 0. The summed E-state index contributed by atoms with van der Waals surface area (Å²) in [6.07, 6.45) is 2.07. The molecule has 3 aliphatic carbocycles. The number of allylic oxidation sites excluding steroid dienone is 2. The molecule has 4 atom stereocenters. The van der Waals surface area contributed by atoms with Crippen LogP contribution in [0.5, 0.6) is 0 Å². The van der Waals surface area contributed by atoms with Crippen LogP contribution in [-0.4, -0.2) is 36.9 Å². The van der Waals surface area contributed by atoms with Gasteiger partial charge in [-0.2, -0.15) is 8.78 Å². The zero-order valence-electron chi connectivity index (χ0n) is 12.2. The fourth-order valence-electron chi connectivity index (χ4n) is 3.35. The quantitative estimate of drug-likeness (QED) is 0.460. The summed E-state index contributed by atoms with van der Waals surface area (Å²) in [5, 5.41) is 2.81. The number of hydrogen-bond donors (Lipinski definition) is 1. The van der Waals surface area contributed by atoms with E-state index >= 15 is 0 Å². The Bertz CT molecular complexity index is 533. The van der Waals surface area contributed by atoms with Crippen molar-refractivity contribution >= 4 is 11.9 Å². The highest BCUT2D eigenvalue weighted by Gasteiger charge is 2.53. The molecule has 2 fully saturated rings. The number of fused-ring (bicyclic) bond motifs is 2. The summed E-state index contributed by atoms with van der Waals surface area (Å²) < 4.78 is 54.5. The lowest BCUT2D eigenvalue weighted by Gasteiger charge is -2.26. The van der Waals surface area contributed by atoms with Gasteiger partial charge in [0.1, 0.15) is 0 Å². The third-order valence-electron chi connectivity index (χ3n) is 4.68. The molecule has 3 aliphatic rings. The van der Waals surface area contributed by atoms with Crippen LogP contribution in [-0.2, 0) is 14.3 Å². The van der Waals surface area contributed by atoms with Crippen molar-refractivity contribution in [2.45, 2.75) is 37.7 Å². The Kier molecular flexibility index (Phi) is 4.10. The number of rotatable bonds is 6. The molecular weight excluding hydrogens is 318 g/mol. The third kappa shape index (κ3) is 3.21. The molecular formula is C15H17F4NO3. The first-order valence-corrected chi connectivity index (χ1v) is 7.61. The second-order valence-electron chi connectivity index (χ2n) is 6.45. The molecule has 2 bridgehead atoms. The van der Waals surface area contributed by atoms with Gasteiger partial charge in [0.25, 0.3) is 0 Å². The standard InChI is InChI=1S/C15H17F4NO3/c16-14(17)15(18,19)6-23-13(22)11-8-2-1-7(5-8)10(11)12(21)20-9-3-4-9/h1-2,7-11,14H,3-6H2,(H,20,21)/t7-,8+,10-,11+/m1/s1. The summed E-state index contributed by atoms with van der Waals surface area (Å²) in [5.74, 6) is -7.61. The van der Waals surface area contributed by atoms with E-state index in [4.69, 9.17) is 0 Å². The minimum absolute atomic E-state index is 0.116. The number of ether oxygens (including phenoxy) is 1. The highest BCUT2D eigenvalue weighted by Crippen LogP contribution is 2.49. The lowest BCUT2D eigenvalue weighted by atomic mass is 9.82. The van der Waals surface area contributed by atoms with E-state index in [1.54, 1.807) is 6.08 Å². The van der Waals surface area contributed by atoms with Crippen LogP contribution in [0.3, 0.4) is 0 Å². The zero-order chi connectivity index (χ0) is 16.8. The fourth-order valence-corrected chi connectivity index (χ4v) is 3.35. The van der Waals surface area contributed by atoms with Crippen LogP contribution in [0, 0.1) is 23.7 Å². The lowest BCUT2D eigenvalue weighted by molar-refractivity contribution is -0.184. The number of nitrogens with one attached hydrogen (secondary N) is 1. The molecule has 4 nitrogen and oxygen atoms in total. The monoisotopic (exact) mass is 335 g/mol. The molecule has 23 heavy (non-hydrogen) atoms. The second-order valence-corrected chi connectivity index (χ2v) is 6.45. The Hall–Kier alpha value is -1.60. The molecule has 8 heteroatoms. The summed E-state index contributed by atoms with van der Waals surface area (Å²) in [4.78, 5) is 24.4. The first kappa shape index (κ1) is 16.3. The van der Waals surface area contributed by atoms with Crippen LogP contribution in [0.2, 0.25) is 0 Å². The minimum atomic E-state index is -4.38. The molecule has 0 heterocycles. The van der Waals surface area contributed by atoms with E-state index in [1.807, 2.05) is 6.08 Å². The molecule has 0 aromatic rings. The maximum absolute atomic E-state index is 12.9. The van der Waals surface area contributed by atoms with Crippen molar-refractivity contribution in [3.05, 3.63) is 12.2 Å². The predicted octanol–water partition coefficient (Wildman–Crippen LogP) is 2.15. The summed E-state index contributed by atoms with van der Waals surface area (Å²) in [7, 11) is 0. The molecule has 128 valence electrons. The van der Waals surface area contributed by atoms with Crippen molar-refractivity contribution in [3.8, 4) is 0 Å². The van der Waals surface area contributed by atoms with Crippen LogP contribution in [0.4, 0.5) is 17.6 Å². The first-order chi connectivity index (χ1) is 10.8. The van der Waals surface area contributed by atoms with Crippen molar-refractivity contribution in [3.63, 3.8) is 0 Å². The van der Waals surface area contributed by atoms with Gasteiger partial charge < -0.3 is 10.1 Å².